The lowest BCUT2D eigenvalue weighted by molar-refractivity contribution is 0.0882. The first-order valence-corrected chi connectivity index (χ1v) is 6.33. The van der Waals surface area contributed by atoms with Gasteiger partial charge in [0.1, 0.15) is 17.1 Å². The number of hydrogen-bond acceptors (Lipinski definition) is 3. The third kappa shape index (κ3) is 2.75. The highest BCUT2D eigenvalue weighted by molar-refractivity contribution is 5.99. The van der Waals surface area contributed by atoms with E-state index in [1.807, 2.05) is 20.8 Å². The van der Waals surface area contributed by atoms with Gasteiger partial charge in [-0.3, -0.25) is 4.79 Å². The lowest BCUT2D eigenvalue weighted by Gasteiger charge is -2.32. The molecule has 0 radical (unpaired) electrons. The summed E-state index contributed by atoms with van der Waals surface area (Å²) in [6.07, 6.45) is 2.42. The van der Waals surface area contributed by atoms with Crippen LogP contribution in [0, 0.1) is 0 Å². The molecule has 0 aliphatic carbocycles. The number of phenolic OH excluding ortho intramolecular Hbond substituents is 2. The second-order valence-corrected chi connectivity index (χ2v) is 4.47. The number of carbonyl (C=O) groups excluding carboxylic acids is 1. The van der Waals surface area contributed by atoms with E-state index in [4.69, 9.17) is 0 Å². The molecular formula is C14H21NO3. The van der Waals surface area contributed by atoms with Gasteiger partial charge >= 0.3 is 0 Å². The van der Waals surface area contributed by atoms with Crippen LogP contribution in [0.1, 0.15) is 50.4 Å². The topological polar surface area (TPSA) is 69.6 Å². The Morgan fingerprint density at radius 3 is 1.94 bits per heavy atom. The van der Waals surface area contributed by atoms with Crippen molar-refractivity contribution in [3.8, 4) is 11.5 Å². The third-order valence-electron chi connectivity index (χ3n) is 3.66. The van der Waals surface area contributed by atoms with Crippen molar-refractivity contribution in [2.24, 2.45) is 0 Å². The van der Waals surface area contributed by atoms with E-state index in [9.17, 15) is 15.0 Å². The van der Waals surface area contributed by atoms with E-state index >= 15 is 0 Å². The Hall–Kier alpha value is -1.71. The molecule has 1 aromatic carbocycles. The number of aromatic hydroxyl groups is 2. The first-order chi connectivity index (χ1) is 8.49. The first-order valence-electron chi connectivity index (χ1n) is 6.33. The standard InChI is InChI=1S/C14H21NO3/c1-4-14(5-2,6-3)15-13(18)12-10(16)8-7-9-11(12)17/h7-9,16-17H,4-6H2,1-3H3,(H,15,18). The van der Waals surface area contributed by atoms with Gasteiger partial charge in [0.15, 0.2) is 0 Å². The molecule has 0 heterocycles. The predicted molar refractivity (Wildman–Crippen MR) is 70.8 cm³/mol. The van der Waals surface area contributed by atoms with Crippen LogP contribution in [0.15, 0.2) is 18.2 Å². The largest absolute Gasteiger partial charge is 0.507 e. The van der Waals surface area contributed by atoms with Crippen molar-refractivity contribution in [3.63, 3.8) is 0 Å². The van der Waals surface area contributed by atoms with Crippen molar-refractivity contribution in [1.29, 1.82) is 0 Å². The Labute approximate surface area is 108 Å². The molecule has 1 aromatic rings. The number of amides is 1. The summed E-state index contributed by atoms with van der Waals surface area (Å²) >= 11 is 0. The average molecular weight is 251 g/mol. The first kappa shape index (κ1) is 14.4. The predicted octanol–water partition coefficient (Wildman–Crippen LogP) is 2.80. The summed E-state index contributed by atoms with van der Waals surface area (Å²) in [5.74, 6) is -0.842. The highest BCUT2D eigenvalue weighted by Gasteiger charge is 2.28. The van der Waals surface area contributed by atoms with Crippen LogP contribution in [-0.2, 0) is 0 Å². The summed E-state index contributed by atoms with van der Waals surface area (Å²) in [6, 6.07) is 4.27. The molecule has 4 nitrogen and oxygen atoms in total. The van der Waals surface area contributed by atoms with Crippen LogP contribution in [0.25, 0.3) is 0 Å². The van der Waals surface area contributed by atoms with Gasteiger partial charge in [-0.05, 0) is 31.4 Å². The number of rotatable bonds is 5. The van der Waals surface area contributed by atoms with Gasteiger partial charge in [-0.25, -0.2) is 0 Å². The van der Waals surface area contributed by atoms with Crippen LogP contribution < -0.4 is 5.32 Å². The second-order valence-electron chi connectivity index (χ2n) is 4.47. The summed E-state index contributed by atoms with van der Waals surface area (Å²) in [5.41, 5.74) is -0.344. The molecule has 1 rings (SSSR count). The fourth-order valence-electron chi connectivity index (χ4n) is 2.08. The normalized spacial score (nSPS) is 11.3. The van der Waals surface area contributed by atoms with Crippen molar-refractivity contribution in [3.05, 3.63) is 23.8 Å². The van der Waals surface area contributed by atoms with Crippen LogP contribution in [0.4, 0.5) is 0 Å². The summed E-state index contributed by atoms with van der Waals surface area (Å²) in [4.78, 5) is 12.1. The number of hydrogen-bond donors (Lipinski definition) is 3. The molecule has 0 saturated heterocycles. The summed E-state index contributed by atoms with van der Waals surface area (Å²) in [5, 5.41) is 22.2. The molecule has 0 aromatic heterocycles. The van der Waals surface area contributed by atoms with E-state index in [-0.39, 0.29) is 22.6 Å². The van der Waals surface area contributed by atoms with Crippen molar-refractivity contribution in [1.82, 2.24) is 5.32 Å². The zero-order valence-corrected chi connectivity index (χ0v) is 11.2. The van der Waals surface area contributed by atoms with E-state index < -0.39 is 5.91 Å². The van der Waals surface area contributed by atoms with Crippen molar-refractivity contribution in [2.75, 3.05) is 0 Å². The maximum atomic E-state index is 12.1. The Morgan fingerprint density at radius 1 is 1.11 bits per heavy atom. The maximum Gasteiger partial charge on any atom is 0.259 e. The highest BCUT2D eigenvalue weighted by atomic mass is 16.3. The molecule has 0 aliphatic rings. The molecular weight excluding hydrogens is 230 g/mol. The molecule has 0 aliphatic heterocycles. The molecule has 0 fully saturated rings. The number of phenols is 2. The Kier molecular flexibility index (Phi) is 4.59. The Morgan fingerprint density at radius 2 is 1.56 bits per heavy atom. The van der Waals surface area contributed by atoms with Gasteiger partial charge in [0, 0.05) is 5.54 Å². The van der Waals surface area contributed by atoms with Gasteiger partial charge < -0.3 is 15.5 Å². The number of carbonyl (C=O) groups is 1. The minimum Gasteiger partial charge on any atom is -0.507 e. The van der Waals surface area contributed by atoms with Crippen LogP contribution in [-0.4, -0.2) is 21.7 Å². The van der Waals surface area contributed by atoms with Crippen LogP contribution in [0.3, 0.4) is 0 Å². The SMILES string of the molecule is CCC(CC)(CC)NC(=O)c1c(O)cccc1O. The summed E-state index contributed by atoms with van der Waals surface area (Å²) in [6.45, 7) is 6.04. The molecule has 18 heavy (non-hydrogen) atoms. The van der Waals surface area contributed by atoms with E-state index in [1.165, 1.54) is 18.2 Å². The van der Waals surface area contributed by atoms with Gasteiger partial charge in [0.05, 0.1) is 0 Å². The fourth-order valence-corrected chi connectivity index (χ4v) is 2.08. The Balaban J connectivity index is 3.02. The monoisotopic (exact) mass is 251 g/mol. The van der Waals surface area contributed by atoms with Gasteiger partial charge in [-0.15, -0.1) is 0 Å². The smallest absolute Gasteiger partial charge is 0.259 e. The minimum atomic E-state index is -0.434. The summed E-state index contributed by atoms with van der Waals surface area (Å²) in [7, 11) is 0. The van der Waals surface area contributed by atoms with E-state index in [0.29, 0.717) is 0 Å². The molecule has 3 N–H and O–H groups in total. The third-order valence-corrected chi connectivity index (χ3v) is 3.66. The molecule has 0 saturated carbocycles. The zero-order valence-electron chi connectivity index (χ0n) is 11.2. The van der Waals surface area contributed by atoms with Gasteiger partial charge in [-0.2, -0.15) is 0 Å². The molecule has 0 bridgehead atoms. The second kappa shape index (κ2) is 5.76. The van der Waals surface area contributed by atoms with Gasteiger partial charge in [-0.1, -0.05) is 26.8 Å². The average Bonchev–Trinajstić information content (AvgIpc) is 2.36. The van der Waals surface area contributed by atoms with E-state index in [2.05, 4.69) is 5.32 Å². The minimum absolute atomic E-state index is 0.0581. The number of nitrogens with one attached hydrogen (secondary N) is 1. The van der Waals surface area contributed by atoms with Crippen molar-refractivity contribution < 1.29 is 15.0 Å². The molecule has 100 valence electrons. The lowest BCUT2D eigenvalue weighted by Crippen LogP contribution is -2.47. The van der Waals surface area contributed by atoms with Crippen LogP contribution >= 0.6 is 0 Å². The zero-order chi connectivity index (χ0) is 13.8. The van der Waals surface area contributed by atoms with Crippen molar-refractivity contribution >= 4 is 5.91 Å². The van der Waals surface area contributed by atoms with E-state index in [0.717, 1.165) is 19.3 Å². The maximum absolute atomic E-state index is 12.1. The van der Waals surface area contributed by atoms with Crippen molar-refractivity contribution in [2.45, 2.75) is 45.6 Å². The molecule has 1 amide bonds. The molecule has 4 heteroatoms. The van der Waals surface area contributed by atoms with Gasteiger partial charge in [0.25, 0.3) is 5.91 Å². The molecule has 0 spiro atoms. The van der Waals surface area contributed by atoms with Crippen LogP contribution in [0.5, 0.6) is 11.5 Å². The Bertz CT molecular complexity index is 397. The van der Waals surface area contributed by atoms with E-state index in [1.54, 1.807) is 0 Å². The highest BCUT2D eigenvalue weighted by Crippen LogP contribution is 2.28. The molecule has 0 unspecified atom stereocenters. The summed E-state index contributed by atoms with van der Waals surface area (Å²) < 4.78 is 0. The fraction of sp³-hybridized carbons (Fsp3) is 0.500. The van der Waals surface area contributed by atoms with Gasteiger partial charge in [0.2, 0.25) is 0 Å². The molecule has 0 atom stereocenters. The lowest BCUT2D eigenvalue weighted by atomic mass is 9.89. The van der Waals surface area contributed by atoms with Crippen LogP contribution in [0.2, 0.25) is 0 Å². The number of benzene rings is 1. The quantitative estimate of drug-likeness (QED) is 0.753.